The summed E-state index contributed by atoms with van der Waals surface area (Å²) in [6, 6.07) is 14.5. The maximum atomic E-state index is 12.2. The Morgan fingerprint density at radius 2 is 1.73 bits per heavy atom. The Bertz CT molecular complexity index is 999. The lowest BCUT2D eigenvalue weighted by molar-refractivity contribution is -0.149. The fraction of sp³-hybridized carbons (Fsp3) is 0.273. The van der Waals surface area contributed by atoms with Gasteiger partial charge in [0.25, 0.3) is 5.89 Å². The number of hydrogen-bond acceptors (Lipinski definition) is 8. The van der Waals surface area contributed by atoms with Gasteiger partial charge < -0.3 is 13.9 Å². The van der Waals surface area contributed by atoms with Gasteiger partial charge in [-0.05, 0) is 49.6 Å². The molecule has 8 heteroatoms. The summed E-state index contributed by atoms with van der Waals surface area (Å²) in [7, 11) is 1.59. The lowest BCUT2D eigenvalue weighted by Crippen LogP contribution is -2.11. The Labute approximate surface area is 178 Å². The van der Waals surface area contributed by atoms with Crippen LogP contribution >= 0.6 is 11.8 Å². The molecule has 2 aromatic carbocycles. The fourth-order valence-electron chi connectivity index (χ4n) is 2.69. The normalized spacial score (nSPS) is 11.7. The molecule has 1 aromatic heterocycles. The zero-order valence-electron chi connectivity index (χ0n) is 17.0. The maximum absolute atomic E-state index is 12.2. The van der Waals surface area contributed by atoms with Gasteiger partial charge in [0.05, 0.1) is 13.5 Å². The second kappa shape index (κ2) is 10.1. The van der Waals surface area contributed by atoms with E-state index in [0.29, 0.717) is 11.5 Å². The number of ether oxygens (including phenoxy) is 2. The minimum atomic E-state index is -0.715. The minimum Gasteiger partial charge on any atom is -0.497 e. The molecule has 0 amide bonds. The Hall–Kier alpha value is -3.13. The van der Waals surface area contributed by atoms with E-state index in [-0.39, 0.29) is 24.5 Å². The zero-order valence-corrected chi connectivity index (χ0v) is 17.8. The van der Waals surface area contributed by atoms with Gasteiger partial charge in [-0.2, -0.15) is 0 Å². The predicted molar refractivity (Wildman–Crippen MR) is 113 cm³/mol. The number of carbonyl (C=O) groups excluding carboxylic acids is 2. The van der Waals surface area contributed by atoms with Crippen molar-refractivity contribution in [2.75, 3.05) is 13.4 Å². The van der Waals surface area contributed by atoms with Crippen LogP contribution in [0, 0.1) is 0 Å². The van der Waals surface area contributed by atoms with Gasteiger partial charge in [-0.3, -0.25) is 9.59 Å². The smallest absolute Gasteiger partial charge is 0.307 e. The number of benzene rings is 2. The van der Waals surface area contributed by atoms with E-state index >= 15 is 0 Å². The molecule has 156 valence electrons. The van der Waals surface area contributed by atoms with Crippen molar-refractivity contribution in [2.24, 2.45) is 0 Å². The third kappa shape index (κ3) is 5.48. The van der Waals surface area contributed by atoms with Crippen LogP contribution in [0.5, 0.6) is 5.75 Å². The van der Waals surface area contributed by atoms with E-state index < -0.39 is 12.1 Å². The van der Waals surface area contributed by atoms with Crippen LogP contribution in [0.3, 0.4) is 0 Å². The lowest BCUT2D eigenvalue weighted by atomic mass is 10.1. The first kappa shape index (κ1) is 21.6. The van der Waals surface area contributed by atoms with Crippen molar-refractivity contribution in [2.45, 2.75) is 30.8 Å². The third-order valence-electron chi connectivity index (χ3n) is 4.40. The summed E-state index contributed by atoms with van der Waals surface area (Å²) in [4.78, 5) is 25.5. The van der Waals surface area contributed by atoms with Crippen LogP contribution in [0.4, 0.5) is 0 Å². The Kier molecular flexibility index (Phi) is 7.24. The molecule has 1 atom stereocenters. The molecule has 0 bridgehead atoms. The van der Waals surface area contributed by atoms with Gasteiger partial charge >= 0.3 is 5.97 Å². The molecule has 1 heterocycles. The van der Waals surface area contributed by atoms with E-state index in [0.717, 1.165) is 16.2 Å². The van der Waals surface area contributed by atoms with Gasteiger partial charge in [0.1, 0.15) is 5.75 Å². The van der Waals surface area contributed by atoms with E-state index in [1.54, 1.807) is 62.2 Å². The van der Waals surface area contributed by atoms with Crippen LogP contribution in [-0.4, -0.2) is 35.3 Å². The second-order valence-corrected chi connectivity index (χ2v) is 7.34. The van der Waals surface area contributed by atoms with Crippen LogP contribution in [0.1, 0.15) is 42.1 Å². The van der Waals surface area contributed by atoms with Crippen LogP contribution in [-0.2, 0) is 9.53 Å². The number of methoxy groups -OCH3 is 1. The van der Waals surface area contributed by atoms with Crippen LogP contribution < -0.4 is 4.74 Å². The number of hydrogen-bond donors (Lipinski definition) is 0. The first-order valence-electron chi connectivity index (χ1n) is 9.34. The molecule has 0 N–H and O–H groups in total. The van der Waals surface area contributed by atoms with Gasteiger partial charge in [0.15, 0.2) is 11.9 Å². The highest BCUT2D eigenvalue weighted by molar-refractivity contribution is 7.98. The fourth-order valence-corrected chi connectivity index (χ4v) is 3.10. The highest BCUT2D eigenvalue weighted by atomic mass is 32.2. The van der Waals surface area contributed by atoms with E-state index in [4.69, 9.17) is 13.9 Å². The van der Waals surface area contributed by atoms with E-state index in [9.17, 15) is 9.59 Å². The monoisotopic (exact) mass is 426 g/mol. The molecule has 0 saturated carbocycles. The van der Waals surface area contributed by atoms with Crippen molar-refractivity contribution >= 4 is 23.5 Å². The highest BCUT2D eigenvalue weighted by Gasteiger charge is 2.20. The molecule has 0 fully saturated rings. The average Bonchev–Trinajstić information content (AvgIpc) is 3.28. The molecule has 0 aliphatic carbocycles. The van der Waals surface area contributed by atoms with Crippen molar-refractivity contribution in [3.8, 4) is 17.2 Å². The van der Waals surface area contributed by atoms with Crippen molar-refractivity contribution in [3.63, 3.8) is 0 Å². The number of esters is 1. The van der Waals surface area contributed by atoms with E-state index in [1.165, 1.54) is 0 Å². The molecule has 0 radical (unpaired) electrons. The first-order valence-corrected chi connectivity index (χ1v) is 10.6. The number of Topliss-reactive ketones (excluding diaryl/α,β-unsaturated/α-hetero) is 1. The summed E-state index contributed by atoms with van der Waals surface area (Å²) in [5.74, 6) is 0.621. The molecule has 7 nitrogen and oxygen atoms in total. The number of thioether (sulfide) groups is 1. The molecule has 0 saturated heterocycles. The quantitative estimate of drug-likeness (QED) is 0.275. The topological polar surface area (TPSA) is 91.5 Å². The number of aromatic nitrogens is 2. The molecule has 3 rings (SSSR count). The standard InChI is InChI=1S/C22H22N2O5S/c1-14(21-23-24-22(29-21)16-4-8-17(27-2)9-5-16)28-20(26)13-12-19(25)15-6-10-18(30-3)11-7-15/h4-11,14H,12-13H2,1-3H3. The molecular formula is C22H22N2O5S. The molecule has 1 unspecified atom stereocenters. The van der Waals surface area contributed by atoms with E-state index in [2.05, 4.69) is 10.2 Å². The van der Waals surface area contributed by atoms with Gasteiger partial charge in [-0.15, -0.1) is 22.0 Å². The molecule has 3 aromatic rings. The molecular weight excluding hydrogens is 404 g/mol. The number of carbonyl (C=O) groups is 2. The maximum Gasteiger partial charge on any atom is 0.307 e. The summed E-state index contributed by atoms with van der Waals surface area (Å²) in [5, 5.41) is 7.95. The van der Waals surface area contributed by atoms with Gasteiger partial charge in [0.2, 0.25) is 5.89 Å². The summed E-state index contributed by atoms with van der Waals surface area (Å²) >= 11 is 1.60. The molecule has 30 heavy (non-hydrogen) atoms. The van der Waals surface area contributed by atoms with E-state index in [1.807, 2.05) is 18.4 Å². The average molecular weight is 426 g/mol. The largest absolute Gasteiger partial charge is 0.497 e. The van der Waals surface area contributed by atoms with Crippen LogP contribution in [0.15, 0.2) is 57.8 Å². The van der Waals surface area contributed by atoms with Crippen molar-refractivity contribution in [1.29, 1.82) is 0 Å². The number of nitrogens with zero attached hydrogens (tertiary/aromatic N) is 2. The number of rotatable bonds is 9. The summed E-state index contributed by atoms with van der Waals surface area (Å²) in [6.07, 6.45) is 1.31. The van der Waals surface area contributed by atoms with Crippen molar-refractivity contribution in [3.05, 3.63) is 60.0 Å². The minimum absolute atomic E-state index is 0.0209. The second-order valence-electron chi connectivity index (χ2n) is 6.46. The summed E-state index contributed by atoms with van der Waals surface area (Å²) < 4.78 is 16.1. The Balaban J connectivity index is 1.52. The van der Waals surface area contributed by atoms with Crippen LogP contribution in [0.2, 0.25) is 0 Å². The Morgan fingerprint density at radius 1 is 1.03 bits per heavy atom. The highest BCUT2D eigenvalue weighted by Crippen LogP contribution is 2.24. The lowest BCUT2D eigenvalue weighted by Gasteiger charge is -2.09. The van der Waals surface area contributed by atoms with Gasteiger partial charge in [-0.1, -0.05) is 12.1 Å². The molecule has 0 aliphatic rings. The van der Waals surface area contributed by atoms with Crippen molar-refractivity contribution in [1.82, 2.24) is 10.2 Å². The molecule has 0 aliphatic heterocycles. The summed E-state index contributed by atoms with van der Waals surface area (Å²) in [6.45, 7) is 1.65. The predicted octanol–water partition coefficient (Wildman–Crippen LogP) is 4.73. The molecule has 0 spiro atoms. The van der Waals surface area contributed by atoms with Gasteiger partial charge in [-0.25, -0.2) is 0 Å². The summed E-state index contributed by atoms with van der Waals surface area (Å²) in [5.41, 5.74) is 1.31. The third-order valence-corrected chi connectivity index (χ3v) is 5.15. The number of ketones is 1. The van der Waals surface area contributed by atoms with Crippen molar-refractivity contribution < 1.29 is 23.5 Å². The first-order chi connectivity index (χ1) is 14.5. The zero-order chi connectivity index (χ0) is 21.5. The SMILES string of the molecule is COc1ccc(-c2nnc(C(C)OC(=O)CCC(=O)c3ccc(SC)cc3)o2)cc1. The Morgan fingerprint density at radius 3 is 2.37 bits per heavy atom. The van der Waals surface area contributed by atoms with Crippen LogP contribution in [0.25, 0.3) is 11.5 Å². The van der Waals surface area contributed by atoms with Gasteiger partial charge in [0, 0.05) is 22.4 Å².